The minimum Gasteiger partial charge on any atom is -0.364 e. The van der Waals surface area contributed by atoms with Crippen molar-refractivity contribution in [2.75, 3.05) is 5.32 Å². The molecule has 0 unspecified atom stereocenters. The zero-order chi connectivity index (χ0) is 15.7. The van der Waals surface area contributed by atoms with Crippen molar-refractivity contribution in [3.05, 3.63) is 50.4 Å². The molecule has 0 saturated carbocycles. The molecule has 2 heterocycles. The molecule has 0 bridgehead atoms. The van der Waals surface area contributed by atoms with Crippen molar-refractivity contribution in [2.45, 2.75) is 20.4 Å². The fourth-order valence-electron chi connectivity index (χ4n) is 2.16. The third-order valence-electron chi connectivity index (χ3n) is 3.38. The van der Waals surface area contributed by atoms with Gasteiger partial charge in [-0.2, -0.15) is 5.26 Å². The number of aryl methyl sites for hydroxylation is 2. The van der Waals surface area contributed by atoms with Crippen molar-refractivity contribution in [3.63, 3.8) is 0 Å². The van der Waals surface area contributed by atoms with Crippen LogP contribution in [0.1, 0.15) is 21.1 Å². The summed E-state index contributed by atoms with van der Waals surface area (Å²) in [5.41, 5.74) is 2.36. The van der Waals surface area contributed by atoms with Gasteiger partial charge in [-0.25, -0.2) is 9.97 Å². The molecular weight excluding hydrogens is 316 g/mol. The normalized spacial score (nSPS) is 10.6. The highest BCUT2D eigenvalue weighted by atomic mass is 35.5. The van der Waals surface area contributed by atoms with E-state index >= 15 is 0 Å². The number of halogens is 1. The minimum absolute atomic E-state index is 0.557. The Morgan fingerprint density at radius 2 is 2.09 bits per heavy atom. The molecule has 0 fully saturated rings. The molecule has 2 aromatic heterocycles. The van der Waals surface area contributed by atoms with E-state index in [4.69, 9.17) is 11.6 Å². The SMILES string of the molecule is Cc1nc(CNc2cc(C#N)c3cc(Cl)ccc3n2)sc1C. The standard InChI is InChI=1S/C16H13ClN4S/c1-9-10(2)22-16(20-9)8-19-15-5-11(7-18)13-6-12(17)3-4-14(13)21-15/h3-6H,8H2,1-2H3,(H,19,21). The lowest BCUT2D eigenvalue weighted by atomic mass is 10.1. The number of thiazole rings is 1. The number of anilines is 1. The molecule has 0 aliphatic rings. The number of fused-ring (bicyclic) bond motifs is 1. The lowest BCUT2D eigenvalue weighted by molar-refractivity contribution is 1.06. The second-order valence-electron chi connectivity index (χ2n) is 4.93. The fraction of sp³-hybridized carbons (Fsp3) is 0.188. The first-order valence-corrected chi connectivity index (χ1v) is 7.93. The summed E-state index contributed by atoms with van der Waals surface area (Å²) in [6, 6.07) is 9.30. The Kier molecular flexibility index (Phi) is 3.97. The monoisotopic (exact) mass is 328 g/mol. The molecule has 0 aliphatic carbocycles. The molecular formula is C16H13ClN4S. The van der Waals surface area contributed by atoms with E-state index in [9.17, 15) is 5.26 Å². The molecule has 1 N–H and O–H groups in total. The third-order valence-corrected chi connectivity index (χ3v) is 4.69. The minimum atomic E-state index is 0.557. The number of nitriles is 1. The van der Waals surface area contributed by atoms with Crippen LogP contribution < -0.4 is 5.32 Å². The van der Waals surface area contributed by atoms with Crippen LogP contribution >= 0.6 is 22.9 Å². The highest BCUT2D eigenvalue weighted by molar-refractivity contribution is 7.11. The van der Waals surface area contributed by atoms with Crippen LogP contribution in [0, 0.1) is 25.2 Å². The van der Waals surface area contributed by atoms with Crippen LogP contribution in [0.25, 0.3) is 10.9 Å². The van der Waals surface area contributed by atoms with E-state index in [1.807, 2.05) is 13.0 Å². The second kappa shape index (κ2) is 5.91. The summed E-state index contributed by atoms with van der Waals surface area (Å²) in [4.78, 5) is 10.2. The number of aromatic nitrogens is 2. The van der Waals surface area contributed by atoms with Crippen LogP contribution in [-0.2, 0) is 6.54 Å². The van der Waals surface area contributed by atoms with E-state index in [1.54, 1.807) is 29.5 Å². The number of benzene rings is 1. The summed E-state index contributed by atoms with van der Waals surface area (Å²) < 4.78 is 0. The highest BCUT2D eigenvalue weighted by Gasteiger charge is 2.08. The zero-order valence-corrected chi connectivity index (χ0v) is 13.7. The first-order chi connectivity index (χ1) is 10.6. The van der Waals surface area contributed by atoms with Crippen LogP contribution in [0.15, 0.2) is 24.3 Å². The third kappa shape index (κ3) is 2.89. The maximum atomic E-state index is 9.32. The Balaban J connectivity index is 1.91. The Morgan fingerprint density at radius 3 is 2.77 bits per heavy atom. The van der Waals surface area contributed by atoms with Gasteiger partial charge in [0, 0.05) is 15.3 Å². The molecule has 1 aromatic carbocycles. The summed E-state index contributed by atoms with van der Waals surface area (Å²) in [7, 11) is 0. The van der Waals surface area contributed by atoms with Crippen molar-refractivity contribution in [3.8, 4) is 6.07 Å². The van der Waals surface area contributed by atoms with Crippen LogP contribution in [0.3, 0.4) is 0 Å². The molecule has 0 saturated heterocycles. The lowest BCUT2D eigenvalue weighted by Gasteiger charge is -2.07. The van der Waals surface area contributed by atoms with Crippen LogP contribution in [-0.4, -0.2) is 9.97 Å². The van der Waals surface area contributed by atoms with E-state index in [1.165, 1.54) is 4.88 Å². The lowest BCUT2D eigenvalue weighted by Crippen LogP contribution is -2.02. The Bertz CT molecular complexity index is 876. The van der Waals surface area contributed by atoms with E-state index < -0.39 is 0 Å². The largest absolute Gasteiger partial charge is 0.364 e. The number of hydrogen-bond donors (Lipinski definition) is 1. The Hall–Kier alpha value is -2.16. The fourth-order valence-corrected chi connectivity index (χ4v) is 3.21. The summed E-state index contributed by atoms with van der Waals surface area (Å²) in [5.74, 6) is 0.664. The predicted molar refractivity (Wildman–Crippen MR) is 90.4 cm³/mol. The van der Waals surface area contributed by atoms with E-state index in [-0.39, 0.29) is 0 Å². The predicted octanol–water partition coefficient (Wildman–Crippen LogP) is 4.45. The molecule has 0 amide bonds. The van der Waals surface area contributed by atoms with E-state index in [2.05, 4.69) is 28.3 Å². The van der Waals surface area contributed by atoms with Crippen molar-refractivity contribution in [2.24, 2.45) is 0 Å². The van der Waals surface area contributed by atoms with Crippen molar-refractivity contribution in [1.82, 2.24) is 9.97 Å². The zero-order valence-electron chi connectivity index (χ0n) is 12.1. The molecule has 110 valence electrons. The topological polar surface area (TPSA) is 61.6 Å². The van der Waals surface area contributed by atoms with Gasteiger partial charge in [-0.05, 0) is 38.1 Å². The molecule has 22 heavy (non-hydrogen) atoms. The van der Waals surface area contributed by atoms with Gasteiger partial charge in [0.05, 0.1) is 29.4 Å². The molecule has 6 heteroatoms. The van der Waals surface area contributed by atoms with Gasteiger partial charge in [0.25, 0.3) is 0 Å². The Morgan fingerprint density at radius 1 is 1.27 bits per heavy atom. The van der Waals surface area contributed by atoms with E-state index in [0.29, 0.717) is 22.9 Å². The average Bonchev–Trinajstić information content (AvgIpc) is 2.83. The summed E-state index contributed by atoms with van der Waals surface area (Å²) in [6.45, 7) is 4.65. The number of hydrogen-bond acceptors (Lipinski definition) is 5. The number of nitrogens with zero attached hydrogens (tertiary/aromatic N) is 3. The summed E-state index contributed by atoms with van der Waals surface area (Å²) in [5, 5.41) is 14.9. The van der Waals surface area contributed by atoms with Crippen molar-refractivity contribution < 1.29 is 0 Å². The van der Waals surface area contributed by atoms with Gasteiger partial charge in [-0.15, -0.1) is 11.3 Å². The van der Waals surface area contributed by atoms with Crippen LogP contribution in [0.4, 0.5) is 5.82 Å². The Labute approximate surface area is 137 Å². The molecule has 3 aromatic rings. The van der Waals surface area contributed by atoms with Gasteiger partial charge in [-0.1, -0.05) is 11.6 Å². The van der Waals surface area contributed by atoms with Crippen LogP contribution in [0.2, 0.25) is 5.02 Å². The number of nitrogens with one attached hydrogen (secondary N) is 1. The quantitative estimate of drug-likeness (QED) is 0.771. The smallest absolute Gasteiger partial charge is 0.128 e. The molecule has 4 nitrogen and oxygen atoms in total. The van der Waals surface area contributed by atoms with Gasteiger partial charge in [0.15, 0.2) is 0 Å². The molecule has 0 aliphatic heterocycles. The van der Waals surface area contributed by atoms with Crippen LogP contribution in [0.5, 0.6) is 0 Å². The van der Waals surface area contributed by atoms with Gasteiger partial charge in [0.2, 0.25) is 0 Å². The molecule has 0 radical (unpaired) electrons. The van der Waals surface area contributed by atoms with Gasteiger partial charge < -0.3 is 5.32 Å². The average molecular weight is 329 g/mol. The van der Waals surface area contributed by atoms with Gasteiger partial charge in [-0.3, -0.25) is 0 Å². The first kappa shape index (κ1) is 14.8. The summed E-state index contributed by atoms with van der Waals surface area (Å²) in [6.07, 6.45) is 0. The first-order valence-electron chi connectivity index (χ1n) is 6.74. The number of rotatable bonds is 3. The van der Waals surface area contributed by atoms with E-state index in [0.717, 1.165) is 21.6 Å². The van der Waals surface area contributed by atoms with Crippen molar-refractivity contribution >= 4 is 39.7 Å². The highest BCUT2D eigenvalue weighted by Crippen LogP contribution is 2.24. The maximum Gasteiger partial charge on any atom is 0.128 e. The maximum absolute atomic E-state index is 9.32. The van der Waals surface area contributed by atoms with Crippen molar-refractivity contribution in [1.29, 1.82) is 5.26 Å². The van der Waals surface area contributed by atoms with Gasteiger partial charge in [0.1, 0.15) is 10.8 Å². The molecule has 0 atom stereocenters. The number of pyridine rings is 1. The summed E-state index contributed by atoms with van der Waals surface area (Å²) >= 11 is 7.65. The second-order valence-corrected chi connectivity index (χ2v) is 6.66. The molecule has 0 spiro atoms. The van der Waals surface area contributed by atoms with Gasteiger partial charge >= 0.3 is 0 Å². The molecule has 3 rings (SSSR count).